The van der Waals surface area contributed by atoms with Gasteiger partial charge < -0.3 is 14.5 Å². The van der Waals surface area contributed by atoms with Crippen molar-refractivity contribution in [1.29, 1.82) is 0 Å². The number of nitrogens with one attached hydrogen (secondary N) is 1. The predicted octanol–water partition coefficient (Wildman–Crippen LogP) is 2.93. The topological polar surface area (TPSA) is 103 Å². The van der Waals surface area contributed by atoms with Crippen LogP contribution in [0.4, 0.5) is 0 Å². The fourth-order valence-corrected chi connectivity index (χ4v) is 4.32. The molecule has 8 nitrogen and oxygen atoms in total. The van der Waals surface area contributed by atoms with Crippen molar-refractivity contribution >= 4 is 44.2 Å². The van der Waals surface area contributed by atoms with E-state index in [1.54, 1.807) is 13.1 Å². The molecule has 0 unspecified atom stereocenters. The number of aryl methyl sites for hydroxylation is 1. The highest BCUT2D eigenvalue weighted by Gasteiger charge is 2.21. The van der Waals surface area contributed by atoms with Gasteiger partial charge in [-0.3, -0.25) is 14.2 Å². The smallest absolute Gasteiger partial charge is 0.348 e. The molecule has 3 aromatic heterocycles. The van der Waals surface area contributed by atoms with Gasteiger partial charge in [0.25, 0.3) is 5.56 Å². The molecule has 1 N–H and O–H groups in total. The van der Waals surface area contributed by atoms with E-state index in [9.17, 15) is 14.4 Å². The van der Waals surface area contributed by atoms with Gasteiger partial charge in [0.1, 0.15) is 16.3 Å². The number of benzene rings is 1. The van der Waals surface area contributed by atoms with Crippen molar-refractivity contribution in [3.8, 4) is 0 Å². The first-order chi connectivity index (χ1) is 14.5. The highest BCUT2D eigenvalue weighted by atomic mass is 32.1. The summed E-state index contributed by atoms with van der Waals surface area (Å²) < 4.78 is 11.3. The van der Waals surface area contributed by atoms with Gasteiger partial charge in [-0.05, 0) is 18.6 Å². The van der Waals surface area contributed by atoms with E-state index < -0.39 is 5.97 Å². The average Bonchev–Trinajstić information content (AvgIpc) is 3.32. The van der Waals surface area contributed by atoms with Crippen LogP contribution in [0.3, 0.4) is 0 Å². The number of carbonyl (C=O) groups excluding carboxylic acids is 2. The van der Waals surface area contributed by atoms with Crippen LogP contribution in [0.1, 0.15) is 25.6 Å². The Labute approximate surface area is 175 Å². The largest absolute Gasteiger partial charge is 0.459 e. The first-order valence-electron chi connectivity index (χ1n) is 9.25. The molecule has 3 heterocycles. The molecule has 0 saturated carbocycles. The molecule has 9 heteroatoms. The van der Waals surface area contributed by atoms with Gasteiger partial charge in [-0.15, -0.1) is 11.3 Å². The number of methoxy groups -OCH3 is 1. The van der Waals surface area contributed by atoms with Gasteiger partial charge in [0.05, 0.1) is 24.9 Å². The van der Waals surface area contributed by atoms with Crippen molar-refractivity contribution in [3.05, 3.63) is 63.1 Å². The molecule has 0 bridgehead atoms. The van der Waals surface area contributed by atoms with Crippen molar-refractivity contribution in [2.45, 2.75) is 13.5 Å². The Morgan fingerprint density at radius 1 is 1.23 bits per heavy atom. The number of Topliss-reactive ketones (excluding diaryl/α,β-unsaturated/α-hetero) is 1. The zero-order chi connectivity index (χ0) is 21.3. The van der Waals surface area contributed by atoms with E-state index in [1.807, 2.05) is 24.3 Å². The molecule has 0 spiro atoms. The highest BCUT2D eigenvalue weighted by molar-refractivity contribution is 7.20. The first-order valence-corrected chi connectivity index (χ1v) is 10.1. The minimum Gasteiger partial charge on any atom is -0.459 e. The third kappa shape index (κ3) is 3.53. The minimum absolute atomic E-state index is 0.125. The second-order valence-electron chi connectivity index (χ2n) is 6.71. The number of hydrogen-bond donors (Lipinski definition) is 1. The molecule has 0 fully saturated rings. The molecular formula is C21H19N3O5S. The van der Waals surface area contributed by atoms with E-state index >= 15 is 0 Å². The molecule has 4 aromatic rings. The number of carbonyl (C=O) groups is 2. The zero-order valence-corrected chi connectivity index (χ0v) is 17.2. The Bertz CT molecular complexity index is 1320. The molecule has 0 aliphatic heterocycles. The second-order valence-corrected chi connectivity index (χ2v) is 7.71. The van der Waals surface area contributed by atoms with Crippen LogP contribution in [0.2, 0.25) is 0 Å². The van der Waals surface area contributed by atoms with E-state index in [1.165, 1.54) is 18.0 Å². The summed E-state index contributed by atoms with van der Waals surface area (Å²) in [6.45, 7) is 1.95. The van der Waals surface area contributed by atoms with Crippen LogP contribution in [0, 0.1) is 6.92 Å². The van der Waals surface area contributed by atoms with Gasteiger partial charge in [0, 0.05) is 29.8 Å². The summed E-state index contributed by atoms with van der Waals surface area (Å²) in [5.41, 5.74) is 1.51. The number of rotatable bonds is 7. The molecule has 1 aromatic carbocycles. The van der Waals surface area contributed by atoms with E-state index in [0.29, 0.717) is 26.2 Å². The van der Waals surface area contributed by atoms with Gasteiger partial charge in [-0.25, -0.2) is 9.78 Å². The molecule has 154 valence electrons. The van der Waals surface area contributed by atoms with Crippen LogP contribution in [0.15, 0.2) is 41.6 Å². The first kappa shape index (κ1) is 20.0. The standard InChI is InChI=1S/C21H19N3O5S/c1-12-17-19(30-18(12)21(27)29-8-7-28-2)23-11-24(20(17)26)10-16(25)14-9-22-15-6-4-3-5-13(14)15/h3-6,9,11,22H,7-8,10H2,1-2H3. The summed E-state index contributed by atoms with van der Waals surface area (Å²) in [6.07, 6.45) is 2.99. The lowest BCUT2D eigenvalue weighted by Crippen LogP contribution is -2.24. The monoisotopic (exact) mass is 425 g/mol. The lowest BCUT2D eigenvalue weighted by Gasteiger charge is -2.05. The second kappa shape index (κ2) is 8.21. The number of aromatic nitrogens is 3. The van der Waals surface area contributed by atoms with Gasteiger partial charge in [-0.1, -0.05) is 18.2 Å². The molecule has 0 aliphatic rings. The summed E-state index contributed by atoms with van der Waals surface area (Å²) in [4.78, 5) is 46.3. The number of hydrogen-bond acceptors (Lipinski definition) is 7. The molecule has 0 atom stereocenters. The number of ketones is 1. The molecule has 30 heavy (non-hydrogen) atoms. The number of thiophene rings is 1. The van der Waals surface area contributed by atoms with Crippen LogP contribution in [0.5, 0.6) is 0 Å². The number of fused-ring (bicyclic) bond motifs is 2. The summed E-state index contributed by atoms with van der Waals surface area (Å²) >= 11 is 1.10. The van der Waals surface area contributed by atoms with Crippen LogP contribution in [-0.2, 0) is 16.0 Å². The molecule has 0 aliphatic carbocycles. The Kier molecular flexibility index (Phi) is 5.47. The SMILES string of the molecule is COCCOC(=O)c1sc2ncn(CC(=O)c3c[nH]c4ccccc34)c(=O)c2c1C. The fourth-order valence-electron chi connectivity index (χ4n) is 3.29. The number of H-pyrrole nitrogens is 1. The Morgan fingerprint density at radius 3 is 2.83 bits per heavy atom. The number of nitrogens with zero attached hydrogens (tertiary/aromatic N) is 2. The van der Waals surface area contributed by atoms with Gasteiger partial charge >= 0.3 is 5.97 Å². The molecule has 0 saturated heterocycles. The minimum atomic E-state index is -0.520. The zero-order valence-electron chi connectivity index (χ0n) is 16.4. The lowest BCUT2D eigenvalue weighted by atomic mass is 10.1. The maximum absolute atomic E-state index is 13.0. The van der Waals surface area contributed by atoms with Gasteiger partial charge in [0.15, 0.2) is 5.78 Å². The fraction of sp³-hybridized carbons (Fsp3) is 0.238. The van der Waals surface area contributed by atoms with Crippen LogP contribution < -0.4 is 5.56 Å². The lowest BCUT2D eigenvalue weighted by molar-refractivity contribution is 0.0393. The number of esters is 1. The summed E-state index contributed by atoms with van der Waals surface area (Å²) in [6, 6.07) is 7.48. The average molecular weight is 425 g/mol. The van der Waals surface area contributed by atoms with Crippen molar-refractivity contribution in [1.82, 2.24) is 14.5 Å². The van der Waals surface area contributed by atoms with Crippen molar-refractivity contribution in [3.63, 3.8) is 0 Å². The molecule has 0 radical (unpaired) electrons. The third-order valence-corrected chi connectivity index (χ3v) is 6.01. The van der Waals surface area contributed by atoms with E-state index in [2.05, 4.69) is 9.97 Å². The van der Waals surface area contributed by atoms with E-state index in [-0.39, 0.29) is 31.1 Å². The van der Waals surface area contributed by atoms with Crippen LogP contribution in [-0.4, -0.2) is 46.6 Å². The van der Waals surface area contributed by atoms with Crippen molar-refractivity contribution in [2.75, 3.05) is 20.3 Å². The van der Waals surface area contributed by atoms with Crippen LogP contribution >= 0.6 is 11.3 Å². The Morgan fingerprint density at radius 2 is 2.03 bits per heavy atom. The van der Waals surface area contributed by atoms with E-state index in [0.717, 1.165) is 22.2 Å². The summed E-state index contributed by atoms with van der Waals surface area (Å²) in [7, 11) is 1.52. The molecular weight excluding hydrogens is 406 g/mol. The van der Waals surface area contributed by atoms with Gasteiger partial charge in [0.2, 0.25) is 0 Å². The third-order valence-electron chi connectivity index (χ3n) is 4.83. The predicted molar refractivity (Wildman–Crippen MR) is 113 cm³/mol. The normalized spacial score (nSPS) is 11.3. The quantitative estimate of drug-likeness (QED) is 0.277. The Balaban J connectivity index is 1.65. The molecule has 4 rings (SSSR count). The highest BCUT2D eigenvalue weighted by Crippen LogP contribution is 2.27. The van der Waals surface area contributed by atoms with Crippen molar-refractivity contribution < 1.29 is 19.1 Å². The van der Waals surface area contributed by atoms with Crippen molar-refractivity contribution in [2.24, 2.45) is 0 Å². The van der Waals surface area contributed by atoms with Crippen LogP contribution in [0.25, 0.3) is 21.1 Å². The Hall–Kier alpha value is -3.30. The van der Waals surface area contributed by atoms with E-state index in [4.69, 9.17) is 9.47 Å². The summed E-state index contributed by atoms with van der Waals surface area (Å²) in [5.74, 6) is -0.726. The maximum Gasteiger partial charge on any atom is 0.348 e. The molecule has 0 amide bonds. The number of para-hydroxylation sites is 1. The number of ether oxygens (including phenoxy) is 2. The summed E-state index contributed by atoms with van der Waals surface area (Å²) in [5, 5.41) is 1.13. The maximum atomic E-state index is 13.0. The number of aromatic amines is 1. The van der Waals surface area contributed by atoms with Gasteiger partial charge in [-0.2, -0.15) is 0 Å².